The third kappa shape index (κ3) is 4.09. The van der Waals surface area contributed by atoms with Crippen LogP contribution in [-0.2, 0) is 16.6 Å². The van der Waals surface area contributed by atoms with Crippen molar-refractivity contribution in [3.05, 3.63) is 78.1 Å². The maximum absolute atomic E-state index is 13.5. The van der Waals surface area contributed by atoms with Gasteiger partial charge in [-0.3, -0.25) is 9.29 Å². The van der Waals surface area contributed by atoms with Crippen LogP contribution in [0, 0.1) is 6.92 Å². The zero-order chi connectivity index (χ0) is 20.1. The summed E-state index contributed by atoms with van der Waals surface area (Å²) in [7, 11) is -0.875. The summed E-state index contributed by atoms with van der Waals surface area (Å²) < 4.78 is 38.9. The number of benzene rings is 2. The Labute approximate surface area is 165 Å². The van der Waals surface area contributed by atoms with Gasteiger partial charge in [-0.25, -0.2) is 8.42 Å². The molecule has 0 atom stereocenters. The van der Waals surface area contributed by atoms with Crippen LogP contribution < -0.4 is 13.8 Å². The Bertz CT molecular complexity index is 1050. The molecule has 3 rings (SSSR count). The number of rotatable bonds is 7. The van der Waals surface area contributed by atoms with Crippen molar-refractivity contribution < 1.29 is 17.9 Å². The van der Waals surface area contributed by atoms with Crippen molar-refractivity contribution in [2.75, 3.05) is 18.5 Å². The molecule has 0 spiro atoms. The van der Waals surface area contributed by atoms with Crippen molar-refractivity contribution in [3.63, 3.8) is 0 Å². The summed E-state index contributed by atoms with van der Waals surface area (Å²) in [6, 6.07) is 15.6. The SMILES string of the molecule is COc1ccc(S(=O)(=O)N(Cc2cccnc2)c2cccc(C)c2)cc1OC. The van der Waals surface area contributed by atoms with Crippen molar-refractivity contribution in [2.24, 2.45) is 0 Å². The molecule has 1 heterocycles. The van der Waals surface area contributed by atoms with Gasteiger partial charge < -0.3 is 9.47 Å². The minimum Gasteiger partial charge on any atom is -0.493 e. The number of hydrogen-bond donors (Lipinski definition) is 0. The summed E-state index contributed by atoms with van der Waals surface area (Å²) in [6.07, 6.45) is 3.32. The van der Waals surface area contributed by atoms with E-state index in [-0.39, 0.29) is 11.4 Å². The lowest BCUT2D eigenvalue weighted by molar-refractivity contribution is 0.354. The lowest BCUT2D eigenvalue weighted by Crippen LogP contribution is -2.30. The highest BCUT2D eigenvalue weighted by atomic mass is 32.2. The van der Waals surface area contributed by atoms with Crippen LogP contribution in [-0.4, -0.2) is 27.6 Å². The Morgan fingerprint density at radius 1 is 0.964 bits per heavy atom. The molecule has 6 nitrogen and oxygen atoms in total. The molecule has 146 valence electrons. The van der Waals surface area contributed by atoms with Gasteiger partial charge in [-0.15, -0.1) is 0 Å². The van der Waals surface area contributed by atoms with Gasteiger partial charge >= 0.3 is 0 Å². The van der Waals surface area contributed by atoms with Crippen molar-refractivity contribution in [1.29, 1.82) is 0 Å². The van der Waals surface area contributed by atoms with Gasteiger partial charge in [-0.1, -0.05) is 18.2 Å². The van der Waals surface area contributed by atoms with Gasteiger partial charge in [0.2, 0.25) is 0 Å². The zero-order valence-electron chi connectivity index (χ0n) is 16.0. The number of sulfonamides is 1. The topological polar surface area (TPSA) is 68.7 Å². The summed E-state index contributed by atoms with van der Waals surface area (Å²) in [5.74, 6) is 0.824. The molecule has 0 aliphatic carbocycles. The quantitative estimate of drug-likeness (QED) is 0.605. The molecule has 7 heteroatoms. The average Bonchev–Trinajstić information content (AvgIpc) is 2.72. The normalized spacial score (nSPS) is 11.1. The number of aryl methyl sites for hydroxylation is 1. The van der Waals surface area contributed by atoms with Crippen LogP contribution in [0.15, 0.2) is 71.9 Å². The number of ether oxygens (including phenoxy) is 2. The van der Waals surface area contributed by atoms with Crippen molar-refractivity contribution in [1.82, 2.24) is 4.98 Å². The average molecular weight is 398 g/mol. The van der Waals surface area contributed by atoms with Gasteiger partial charge in [-0.05, 0) is 48.4 Å². The highest BCUT2D eigenvalue weighted by molar-refractivity contribution is 7.92. The first kappa shape index (κ1) is 19.7. The molecule has 1 aromatic heterocycles. The van der Waals surface area contributed by atoms with E-state index >= 15 is 0 Å². The molecule has 2 aromatic carbocycles. The highest BCUT2D eigenvalue weighted by Crippen LogP contribution is 2.33. The lowest BCUT2D eigenvalue weighted by atomic mass is 10.2. The molecule has 0 unspecified atom stereocenters. The molecule has 0 bridgehead atoms. The van der Waals surface area contributed by atoms with Crippen molar-refractivity contribution >= 4 is 15.7 Å². The maximum Gasteiger partial charge on any atom is 0.264 e. The van der Waals surface area contributed by atoms with Crippen LogP contribution in [0.25, 0.3) is 0 Å². The fraction of sp³-hybridized carbons (Fsp3) is 0.190. The van der Waals surface area contributed by atoms with Gasteiger partial charge in [0.25, 0.3) is 10.0 Å². The van der Waals surface area contributed by atoms with E-state index in [0.717, 1.165) is 11.1 Å². The smallest absolute Gasteiger partial charge is 0.264 e. The summed E-state index contributed by atoms with van der Waals surface area (Å²) in [5.41, 5.74) is 2.34. The molecular weight excluding hydrogens is 376 g/mol. The minimum atomic E-state index is -3.86. The van der Waals surface area contributed by atoms with Gasteiger partial charge in [-0.2, -0.15) is 0 Å². The summed E-state index contributed by atoms with van der Waals surface area (Å²) in [6.45, 7) is 2.09. The van der Waals surface area contributed by atoms with E-state index in [2.05, 4.69) is 4.98 Å². The van der Waals surface area contributed by atoms with Gasteiger partial charge in [0, 0.05) is 18.5 Å². The van der Waals surface area contributed by atoms with E-state index in [0.29, 0.717) is 17.2 Å². The Hall–Kier alpha value is -3.06. The third-order valence-corrected chi connectivity index (χ3v) is 6.05. The Kier molecular flexibility index (Phi) is 5.84. The molecule has 0 saturated carbocycles. The third-order valence-electron chi connectivity index (χ3n) is 4.28. The number of hydrogen-bond acceptors (Lipinski definition) is 5. The standard InChI is InChI=1S/C21H22N2O4S/c1-16-6-4-8-18(12-16)23(15-17-7-5-11-22-14-17)28(24,25)19-9-10-20(26-2)21(13-19)27-3/h4-14H,15H2,1-3H3. The largest absolute Gasteiger partial charge is 0.493 e. The Balaban J connectivity index is 2.10. The van der Waals surface area contributed by atoms with Gasteiger partial charge in [0.1, 0.15) is 0 Å². The highest BCUT2D eigenvalue weighted by Gasteiger charge is 2.26. The zero-order valence-corrected chi connectivity index (χ0v) is 16.8. The Morgan fingerprint density at radius 2 is 1.75 bits per heavy atom. The predicted molar refractivity (Wildman–Crippen MR) is 108 cm³/mol. The van der Waals surface area contributed by atoms with Crippen LogP contribution in [0.2, 0.25) is 0 Å². The molecule has 0 amide bonds. The Morgan fingerprint density at radius 3 is 2.39 bits per heavy atom. The fourth-order valence-electron chi connectivity index (χ4n) is 2.86. The first-order valence-corrected chi connectivity index (χ1v) is 10.1. The molecule has 3 aromatic rings. The fourth-order valence-corrected chi connectivity index (χ4v) is 4.32. The first-order chi connectivity index (χ1) is 13.5. The molecular formula is C21H22N2O4S. The number of methoxy groups -OCH3 is 2. The monoisotopic (exact) mass is 398 g/mol. The maximum atomic E-state index is 13.5. The van der Waals surface area contributed by atoms with E-state index in [1.807, 2.05) is 31.2 Å². The lowest BCUT2D eigenvalue weighted by Gasteiger charge is -2.25. The minimum absolute atomic E-state index is 0.121. The second kappa shape index (κ2) is 8.31. The summed E-state index contributed by atoms with van der Waals surface area (Å²) >= 11 is 0. The van der Waals surface area contributed by atoms with Crippen LogP contribution in [0.4, 0.5) is 5.69 Å². The second-order valence-corrected chi connectivity index (χ2v) is 8.09. The number of pyridine rings is 1. The van der Waals surface area contributed by atoms with Crippen molar-refractivity contribution in [2.45, 2.75) is 18.4 Å². The van der Waals surface area contributed by atoms with Crippen LogP contribution in [0.3, 0.4) is 0 Å². The predicted octanol–water partition coefficient (Wildman–Crippen LogP) is 3.80. The molecule has 0 aliphatic heterocycles. The van der Waals surface area contributed by atoms with Gasteiger partial charge in [0.15, 0.2) is 11.5 Å². The van der Waals surface area contributed by atoms with E-state index < -0.39 is 10.0 Å². The first-order valence-electron chi connectivity index (χ1n) is 8.66. The van der Waals surface area contributed by atoms with E-state index in [4.69, 9.17) is 9.47 Å². The van der Waals surface area contributed by atoms with E-state index in [9.17, 15) is 8.42 Å². The van der Waals surface area contributed by atoms with Crippen LogP contribution >= 0.6 is 0 Å². The van der Waals surface area contributed by atoms with Crippen LogP contribution in [0.5, 0.6) is 11.5 Å². The molecule has 0 radical (unpaired) electrons. The van der Waals surface area contributed by atoms with E-state index in [1.54, 1.807) is 30.6 Å². The molecule has 28 heavy (non-hydrogen) atoms. The molecule has 0 fully saturated rings. The van der Waals surface area contributed by atoms with Crippen molar-refractivity contribution in [3.8, 4) is 11.5 Å². The molecule has 0 saturated heterocycles. The van der Waals surface area contributed by atoms with Crippen LogP contribution in [0.1, 0.15) is 11.1 Å². The summed E-state index contributed by atoms with van der Waals surface area (Å²) in [4.78, 5) is 4.22. The molecule has 0 N–H and O–H groups in total. The second-order valence-electron chi connectivity index (χ2n) is 6.23. The summed E-state index contributed by atoms with van der Waals surface area (Å²) in [5, 5.41) is 0. The molecule has 0 aliphatic rings. The van der Waals surface area contributed by atoms with E-state index in [1.165, 1.54) is 30.7 Å². The van der Waals surface area contributed by atoms with Gasteiger partial charge in [0.05, 0.1) is 31.3 Å². The number of anilines is 1. The number of aromatic nitrogens is 1. The number of nitrogens with zero attached hydrogens (tertiary/aromatic N) is 2.